The molecule has 15 heavy (non-hydrogen) atoms. The maximum Gasteiger partial charge on any atom is 0.307 e. The van der Waals surface area contributed by atoms with Crippen LogP contribution in [-0.4, -0.2) is 12.5 Å². The van der Waals surface area contributed by atoms with Gasteiger partial charge in [-0.1, -0.05) is 17.7 Å². The van der Waals surface area contributed by atoms with Crippen molar-refractivity contribution < 1.29 is 13.9 Å². The van der Waals surface area contributed by atoms with Gasteiger partial charge in [-0.25, -0.2) is 4.39 Å². The highest BCUT2D eigenvalue weighted by atomic mass is 35.5. The first-order valence-corrected chi connectivity index (χ1v) is 4.81. The van der Waals surface area contributed by atoms with Crippen molar-refractivity contribution in [3.63, 3.8) is 0 Å². The molecule has 2 N–H and O–H groups in total. The topological polar surface area (TPSA) is 52.3 Å². The number of hydrogen-bond donors (Lipinski definition) is 1. The van der Waals surface area contributed by atoms with Crippen LogP contribution in [0.3, 0.4) is 0 Å². The molecule has 0 aliphatic heterocycles. The number of halogens is 2. The summed E-state index contributed by atoms with van der Waals surface area (Å²) in [5, 5.41) is 0.246. The number of hydrogen-bond acceptors (Lipinski definition) is 3. The zero-order valence-corrected chi connectivity index (χ0v) is 8.76. The first-order chi connectivity index (χ1) is 7.15. The highest BCUT2D eigenvalue weighted by Crippen LogP contribution is 2.19. The lowest BCUT2D eigenvalue weighted by atomic mass is 10.2. The molecule has 0 fully saturated rings. The summed E-state index contributed by atoms with van der Waals surface area (Å²) < 4.78 is 18.0. The second kappa shape index (κ2) is 5.68. The van der Waals surface area contributed by atoms with Gasteiger partial charge in [0.05, 0.1) is 11.4 Å². The van der Waals surface area contributed by atoms with Crippen LogP contribution in [0.5, 0.6) is 0 Å². The van der Waals surface area contributed by atoms with Gasteiger partial charge in [0, 0.05) is 12.1 Å². The zero-order valence-electron chi connectivity index (χ0n) is 8.00. The quantitative estimate of drug-likeness (QED) is 0.805. The van der Waals surface area contributed by atoms with E-state index in [0.717, 1.165) is 0 Å². The van der Waals surface area contributed by atoms with Crippen molar-refractivity contribution in [3.8, 4) is 0 Å². The molecule has 0 saturated carbocycles. The predicted molar refractivity (Wildman–Crippen MR) is 54.9 cm³/mol. The smallest absolute Gasteiger partial charge is 0.307 e. The Kier molecular flexibility index (Phi) is 4.52. The van der Waals surface area contributed by atoms with Gasteiger partial charge in [-0.05, 0) is 12.1 Å². The molecule has 0 atom stereocenters. The van der Waals surface area contributed by atoms with Gasteiger partial charge in [-0.2, -0.15) is 0 Å². The molecule has 82 valence electrons. The van der Waals surface area contributed by atoms with Crippen LogP contribution in [0, 0.1) is 5.82 Å². The molecule has 1 aromatic carbocycles. The molecule has 0 spiro atoms. The standard InChI is InChI=1S/C10H11ClFNO2/c11-8-2-1-3-9(12)7(8)6-15-10(14)4-5-13/h1-3H,4-6,13H2. The molecule has 0 aliphatic carbocycles. The normalized spacial score (nSPS) is 10.1. The molecule has 0 aromatic heterocycles. The molecule has 0 heterocycles. The third-order valence-corrected chi connectivity index (χ3v) is 2.14. The maximum absolute atomic E-state index is 13.2. The van der Waals surface area contributed by atoms with Crippen LogP contribution in [0.2, 0.25) is 5.02 Å². The van der Waals surface area contributed by atoms with E-state index in [1.54, 1.807) is 0 Å². The summed E-state index contributed by atoms with van der Waals surface area (Å²) >= 11 is 5.73. The fourth-order valence-electron chi connectivity index (χ4n) is 1.01. The zero-order chi connectivity index (χ0) is 11.3. The van der Waals surface area contributed by atoms with Gasteiger partial charge < -0.3 is 10.5 Å². The van der Waals surface area contributed by atoms with E-state index in [0.29, 0.717) is 0 Å². The number of esters is 1. The van der Waals surface area contributed by atoms with Gasteiger partial charge in [0.1, 0.15) is 12.4 Å². The van der Waals surface area contributed by atoms with E-state index in [4.69, 9.17) is 22.1 Å². The minimum absolute atomic E-state index is 0.117. The molecule has 0 aliphatic rings. The van der Waals surface area contributed by atoms with Crippen molar-refractivity contribution in [2.24, 2.45) is 5.73 Å². The summed E-state index contributed by atoms with van der Waals surface area (Å²) in [6, 6.07) is 4.29. The first-order valence-electron chi connectivity index (χ1n) is 4.43. The second-order valence-corrected chi connectivity index (χ2v) is 3.31. The van der Waals surface area contributed by atoms with Gasteiger partial charge in [0.2, 0.25) is 0 Å². The summed E-state index contributed by atoms with van der Waals surface area (Å²) in [5.74, 6) is -0.945. The second-order valence-electron chi connectivity index (χ2n) is 2.90. The minimum Gasteiger partial charge on any atom is -0.461 e. The van der Waals surface area contributed by atoms with E-state index >= 15 is 0 Å². The fraction of sp³-hybridized carbons (Fsp3) is 0.300. The van der Waals surface area contributed by atoms with Crippen molar-refractivity contribution in [1.82, 2.24) is 0 Å². The number of carbonyl (C=O) groups excluding carboxylic acids is 1. The summed E-state index contributed by atoms with van der Waals surface area (Å²) in [6.45, 7) is 0.0498. The lowest BCUT2D eigenvalue weighted by Gasteiger charge is -2.06. The monoisotopic (exact) mass is 231 g/mol. The fourth-order valence-corrected chi connectivity index (χ4v) is 1.23. The van der Waals surface area contributed by atoms with Crippen LogP contribution in [0.25, 0.3) is 0 Å². The van der Waals surface area contributed by atoms with Crippen molar-refractivity contribution in [2.45, 2.75) is 13.0 Å². The van der Waals surface area contributed by atoms with E-state index in [-0.39, 0.29) is 30.2 Å². The molecule has 3 nitrogen and oxygen atoms in total. The SMILES string of the molecule is NCCC(=O)OCc1c(F)cccc1Cl. The first kappa shape index (κ1) is 11.9. The van der Waals surface area contributed by atoms with E-state index in [9.17, 15) is 9.18 Å². The number of nitrogens with two attached hydrogens (primary N) is 1. The van der Waals surface area contributed by atoms with Gasteiger partial charge in [-0.3, -0.25) is 4.79 Å². The molecular weight excluding hydrogens is 221 g/mol. The predicted octanol–water partition coefficient (Wildman–Crippen LogP) is 1.87. The summed E-state index contributed by atoms with van der Waals surface area (Å²) in [5.41, 5.74) is 5.34. The van der Waals surface area contributed by atoms with Crippen molar-refractivity contribution >= 4 is 17.6 Å². The Bertz CT molecular complexity index is 337. The Labute approximate surface area is 92.0 Å². The van der Waals surface area contributed by atoms with Crippen molar-refractivity contribution in [2.75, 3.05) is 6.54 Å². The van der Waals surface area contributed by atoms with Crippen molar-refractivity contribution in [3.05, 3.63) is 34.6 Å². The van der Waals surface area contributed by atoms with E-state index in [1.165, 1.54) is 18.2 Å². The highest BCUT2D eigenvalue weighted by Gasteiger charge is 2.09. The molecule has 5 heteroatoms. The van der Waals surface area contributed by atoms with Crippen LogP contribution in [0.1, 0.15) is 12.0 Å². The van der Waals surface area contributed by atoms with Gasteiger partial charge >= 0.3 is 5.97 Å². The lowest BCUT2D eigenvalue weighted by Crippen LogP contribution is -2.11. The maximum atomic E-state index is 13.2. The summed E-state index contributed by atoms with van der Waals surface area (Å²) in [6.07, 6.45) is 0.117. The Hall–Kier alpha value is -1.13. The molecule has 0 saturated heterocycles. The van der Waals surface area contributed by atoms with Crippen LogP contribution in [0.4, 0.5) is 4.39 Å². The summed E-state index contributed by atoms with van der Waals surface area (Å²) in [4.78, 5) is 11.0. The van der Waals surface area contributed by atoms with E-state index in [2.05, 4.69) is 0 Å². The average molecular weight is 232 g/mol. The summed E-state index contributed by atoms with van der Waals surface area (Å²) in [7, 11) is 0. The van der Waals surface area contributed by atoms with Crippen LogP contribution in [0.15, 0.2) is 18.2 Å². The van der Waals surface area contributed by atoms with Crippen LogP contribution in [-0.2, 0) is 16.1 Å². The average Bonchev–Trinajstić information content (AvgIpc) is 2.17. The molecule has 0 unspecified atom stereocenters. The number of ether oxygens (including phenoxy) is 1. The number of carbonyl (C=O) groups is 1. The minimum atomic E-state index is -0.483. The van der Waals surface area contributed by atoms with Gasteiger partial charge in [0.25, 0.3) is 0 Å². The largest absolute Gasteiger partial charge is 0.461 e. The lowest BCUT2D eigenvalue weighted by molar-refractivity contribution is -0.144. The van der Waals surface area contributed by atoms with Crippen LogP contribution >= 0.6 is 11.6 Å². The molecule has 0 bridgehead atoms. The Balaban J connectivity index is 2.61. The van der Waals surface area contributed by atoms with Crippen LogP contribution < -0.4 is 5.73 Å². The van der Waals surface area contributed by atoms with Crippen molar-refractivity contribution in [1.29, 1.82) is 0 Å². The Morgan fingerprint density at radius 1 is 1.53 bits per heavy atom. The van der Waals surface area contributed by atoms with E-state index in [1.807, 2.05) is 0 Å². The Morgan fingerprint density at radius 2 is 2.27 bits per heavy atom. The Morgan fingerprint density at radius 3 is 2.87 bits per heavy atom. The molecule has 1 aromatic rings. The van der Waals surface area contributed by atoms with Gasteiger partial charge in [-0.15, -0.1) is 0 Å². The third-order valence-electron chi connectivity index (χ3n) is 1.79. The molecule has 1 rings (SSSR count). The van der Waals surface area contributed by atoms with E-state index < -0.39 is 11.8 Å². The number of rotatable bonds is 4. The van der Waals surface area contributed by atoms with Gasteiger partial charge in [0.15, 0.2) is 0 Å². The molecular formula is C10H11ClFNO2. The third kappa shape index (κ3) is 3.49. The molecule has 0 amide bonds. The highest BCUT2D eigenvalue weighted by molar-refractivity contribution is 6.31. The number of benzene rings is 1. The molecule has 0 radical (unpaired) electrons.